The Morgan fingerprint density at radius 3 is 2.44 bits per heavy atom. The molecule has 1 aromatic rings. The molecule has 1 rings (SSSR count). The second-order valence-electron chi connectivity index (χ2n) is 5.07. The lowest BCUT2D eigenvalue weighted by molar-refractivity contribution is -0.383. The van der Waals surface area contributed by atoms with E-state index in [1.807, 2.05) is 26.6 Å². The average Bonchev–Trinajstić information content (AvgIpc) is 2.27. The van der Waals surface area contributed by atoms with Gasteiger partial charge in [0.2, 0.25) is 0 Å². The lowest BCUT2D eigenvalue weighted by atomic mass is 10.2. The number of nitrogens with zero attached hydrogens (tertiary/aromatic N) is 1. The van der Waals surface area contributed by atoms with E-state index >= 15 is 0 Å². The second-order valence-corrected chi connectivity index (χ2v) is 10.1. The maximum absolute atomic E-state index is 12.0. The summed E-state index contributed by atoms with van der Waals surface area (Å²) in [6, 6.07) is 4.69. The minimum absolute atomic E-state index is 0.0536. The van der Waals surface area contributed by atoms with Crippen molar-refractivity contribution < 1.29 is 9.72 Å². The van der Waals surface area contributed by atoms with Gasteiger partial charge >= 0.3 is 0 Å². The Kier molecular flexibility index (Phi) is 4.23. The number of hydrogen-bond donors (Lipinski definition) is 1. The van der Waals surface area contributed by atoms with Crippen LogP contribution in [0.5, 0.6) is 0 Å². The van der Waals surface area contributed by atoms with Crippen molar-refractivity contribution in [2.45, 2.75) is 26.6 Å². The SMILES string of the molecule is CCNC(=O)c1cccc([N+](=O)[O-])c1[Si](C)(C)C. The average molecular weight is 266 g/mol. The van der Waals surface area contributed by atoms with E-state index in [0.29, 0.717) is 17.3 Å². The van der Waals surface area contributed by atoms with Crippen molar-refractivity contribution in [3.8, 4) is 0 Å². The fourth-order valence-electron chi connectivity index (χ4n) is 1.93. The molecule has 0 saturated heterocycles. The van der Waals surface area contributed by atoms with E-state index < -0.39 is 13.0 Å². The zero-order chi connectivity index (χ0) is 13.9. The van der Waals surface area contributed by atoms with Gasteiger partial charge in [0, 0.05) is 23.4 Å². The highest BCUT2D eigenvalue weighted by atomic mass is 28.3. The molecule has 0 unspecified atom stereocenters. The Morgan fingerprint density at radius 1 is 1.39 bits per heavy atom. The summed E-state index contributed by atoms with van der Waals surface area (Å²) in [6.07, 6.45) is 0. The Bertz CT molecular complexity index is 481. The topological polar surface area (TPSA) is 72.2 Å². The van der Waals surface area contributed by atoms with Gasteiger partial charge in [0.25, 0.3) is 11.6 Å². The molecule has 0 aliphatic rings. The third kappa shape index (κ3) is 2.95. The van der Waals surface area contributed by atoms with Gasteiger partial charge in [-0.3, -0.25) is 14.9 Å². The van der Waals surface area contributed by atoms with Gasteiger partial charge in [-0.2, -0.15) is 0 Å². The molecule has 0 atom stereocenters. The molecule has 0 fully saturated rings. The lowest BCUT2D eigenvalue weighted by Gasteiger charge is -2.20. The van der Waals surface area contributed by atoms with Crippen LogP contribution in [-0.2, 0) is 0 Å². The van der Waals surface area contributed by atoms with Gasteiger partial charge in [-0.25, -0.2) is 0 Å². The van der Waals surface area contributed by atoms with Crippen molar-refractivity contribution in [1.29, 1.82) is 0 Å². The maximum Gasteiger partial charge on any atom is 0.269 e. The summed E-state index contributed by atoms with van der Waals surface area (Å²) in [4.78, 5) is 22.7. The largest absolute Gasteiger partial charge is 0.352 e. The molecule has 0 bridgehead atoms. The first kappa shape index (κ1) is 14.4. The summed E-state index contributed by atoms with van der Waals surface area (Å²) in [5.41, 5.74) is 0.489. The van der Waals surface area contributed by atoms with Crippen molar-refractivity contribution >= 4 is 24.9 Å². The molecule has 0 aliphatic heterocycles. The molecule has 0 aromatic heterocycles. The number of carbonyl (C=O) groups excluding carboxylic acids is 1. The lowest BCUT2D eigenvalue weighted by Crippen LogP contribution is -2.44. The minimum atomic E-state index is -1.98. The fraction of sp³-hybridized carbons (Fsp3) is 0.417. The molecule has 0 spiro atoms. The van der Waals surface area contributed by atoms with E-state index in [0.717, 1.165) is 0 Å². The maximum atomic E-state index is 12.0. The molecule has 1 N–H and O–H groups in total. The van der Waals surface area contributed by atoms with Crippen LogP contribution in [-0.4, -0.2) is 25.4 Å². The number of rotatable bonds is 4. The van der Waals surface area contributed by atoms with E-state index in [4.69, 9.17) is 0 Å². The number of nitrogens with one attached hydrogen (secondary N) is 1. The Morgan fingerprint density at radius 2 is 2.00 bits per heavy atom. The highest BCUT2D eigenvalue weighted by Crippen LogP contribution is 2.17. The predicted molar refractivity (Wildman–Crippen MR) is 74.1 cm³/mol. The predicted octanol–water partition coefficient (Wildman–Crippen LogP) is 1.89. The Balaban J connectivity index is 3.48. The number of carbonyl (C=O) groups is 1. The summed E-state index contributed by atoms with van der Waals surface area (Å²) in [7, 11) is -1.98. The highest BCUT2D eigenvalue weighted by Gasteiger charge is 2.31. The quantitative estimate of drug-likeness (QED) is 0.514. The van der Waals surface area contributed by atoms with Crippen LogP contribution in [0.4, 0.5) is 5.69 Å². The third-order valence-corrected chi connectivity index (χ3v) is 4.60. The van der Waals surface area contributed by atoms with Gasteiger partial charge in [0.15, 0.2) is 0 Å². The fourth-order valence-corrected chi connectivity index (χ4v) is 3.87. The molecule has 98 valence electrons. The summed E-state index contributed by atoms with van der Waals surface area (Å²) in [5.74, 6) is -0.237. The monoisotopic (exact) mass is 266 g/mol. The number of benzene rings is 1. The van der Waals surface area contributed by atoms with Crippen LogP contribution < -0.4 is 10.5 Å². The van der Waals surface area contributed by atoms with Crippen LogP contribution in [0.15, 0.2) is 18.2 Å². The summed E-state index contributed by atoms with van der Waals surface area (Å²) in [5, 5.41) is 14.4. The Labute approximate surface area is 107 Å². The van der Waals surface area contributed by atoms with Crippen molar-refractivity contribution in [3.05, 3.63) is 33.9 Å². The van der Waals surface area contributed by atoms with Gasteiger partial charge < -0.3 is 5.32 Å². The van der Waals surface area contributed by atoms with E-state index in [9.17, 15) is 14.9 Å². The summed E-state index contributed by atoms with van der Waals surface area (Å²) >= 11 is 0. The molecule has 1 aromatic carbocycles. The second kappa shape index (κ2) is 5.30. The molecule has 0 saturated carbocycles. The molecule has 0 radical (unpaired) electrons. The van der Waals surface area contributed by atoms with Crippen molar-refractivity contribution in [2.75, 3.05) is 6.54 Å². The first-order valence-corrected chi connectivity index (χ1v) is 9.35. The first-order chi connectivity index (χ1) is 8.29. The molecule has 6 heteroatoms. The van der Waals surface area contributed by atoms with Crippen LogP contribution in [0, 0.1) is 10.1 Å². The van der Waals surface area contributed by atoms with Crippen molar-refractivity contribution in [2.24, 2.45) is 0 Å². The van der Waals surface area contributed by atoms with Gasteiger partial charge in [0.05, 0.1) is 13.0 Å². The molecule has 18 heavy (non-hydrogen) atoms. The van der Waals surface area contributed by atoms with Gasteiger partial charge in [-0.15, -0.1) is 0 Å². The van der Waals surface area contributed by atoms with Gasteiger partial charge in [-0.1, -0.05) is 25.7 Å². The highest BCUT2D eigenvalue weighted by molar-refractivity contribution is 6.90. The number of amides is 1. The van der Waals surface area contributed by atoms with Crippen LogP contribution in [0.2, 0.25) is 19.6 Å². The van der Waals surface area contributed by atoms with Crippen LogP contribution in [0.25, 0.3) is 0 Å². The van der Waals surface area contributed by atoms with Crippen molar-refractivity contribution in [1.82, 2.24) is 5.32 Å². The zero-order valence-electron chi connectivity index (χ0n) is 11.1. The molecule has 0 heterocycles. The molecule has 1 amide bonds. The van der Waals surface area contributed by atoms with Gasteiger partial charge in [-0.05, 0) is 13.0 Å². The van der Waals surface area contributed by atoms with E-state index in [1.165, 1.54) is 6.07 Å². The van der Waals surface area contributed by atoms with E-state index in [-0.39, 0.29) is 11.6 Å². The first-order valence-electron chi connectivity index (χ1n) is 5.85. The smallest absolute Gasteiger partial charge is 0.269 e. The molecule has 0 aliphatic carbocycles. The van der Waals surface area contributed by atoms with Gasteiger partial charge in [0.1, 0.15) is 0 Å². The van der Waals surface area contributed by atoms with E-state index in [1.54, 1.807) is 12.1 Å². The Hall–Kier alpha value is -1.69. The minimum Gasteiger partial charge on any atom is -0.352 e. The number of nitro groups is 1. The molecular weight excluding hydrogens is 248 g/mol. The normalized spacial score (nSPS) is 11.1. The third-order valence-electron chi connectivity index (χ3n) is 2.57. The van der Waals surface area contributed by atoms with Crippen LogP contribution in [0.1, 0.15) is 17.3 Å². The number of hydrogen-bond acceptors (Lipinski definition) is 3. The van der Waals surface area contributed by atoms with Crippen molar-refractivity contribution in [3.63, 3.8) is 0 Å². The summed E-state index contributed by atoms with van der Waals surface area (Å²) in [6.45, 7) is 8.32. The summed E-state index contributed by atoms with van der Waals surface area (Å²) < 4.78 is 0. The zero-order valence-corrected chi connectivity index (χ0v) is 12.1. The molecule has 5 nitrogen and oxygen atoms in total. The molecular formula is C12H18N2O3Si. The standard InChI is InChI=1S/C12H18N2O3Si/c1-5-13-12(15)9-7-6-8-10(14(16)17)11(9)18(2,3)4/h6-8H,5H2,1-4H3,(H,13,15). The van der Waals surface area contributed by atoms with Crippen LogP contribution >= 0.6 is 0 Å². The van der Waals surface area contributed by atoms with Crippen LogP contribution in [0.3, 0.4) is 0 Å². The number of nitro benzene ring substituents is 1. The van der Waals surface area contributed by atoms with E-state index in [2.05, 4.69) is 5.32 Å².